The van der Waals surface area contributed by atoms with Crippen LogP contribution in [-0.4, -0.2) is 10.9 Å². The van der Waals surface area contributed by atoms with Crippen LogP contribution in [0.2, 0.25) is 0 Å². The lowest BCUT2D eigenvalue weighted by atomic mass is 9.84. The van der Waals surface area contributed by atoms with E-state index in [0.29, 0.717) is 0 Å². The Kier molecular flexibility index (Phi) is 3.22. The Balaban J connectivity index is 2.13. The first-order valence-electron chi connectivity index (χ1n) is 5.91. The molecule has 1 heterocycles. The number of hydrogen-bond donors (Lipinski definition) is 1. The van der Waals surface area contributed by atoms with Crippen LogP contribution >= 0.6 is 27.7 Å². The quantitative estimate of drug-likeness (QED) is 0.850. The number of benzene rings is 2. The van der Waals surface area contributed by atoms with E-state index >= 15 is 0 Å². The van der Waals surface area contributed by atoms with Crippen molar-refractivity contribution in [1.29, 1.82) is 0 Å². The van der Waals surface area contributed by atoms with E-state index in [1.165, 1.54) is 4.90 Å². The molecule has 0 aliphatic carbocycles. The van der Waals surface area contributed by atoms with Crippen molar-refractivity contribution in [2.75, 3.05) is 5.75 Å². The molecule has 0 amide bonds. The Labute approximate surface area is 119 Å². The van der Waals surface area contributed by atoms with Crippen molar-refractivity contribution >= 4 is 27.7 Å². The molecular weight excluding hydrogens is 308 g/mol. The zero-order chi connectivity index (χ0) is 12.6. The van der Waals surface area contributed by atoms with Gasteiger partial charge in [0.1, 0.15) is 5.60 Å². The summed E-state index contributed by atoms with van der Waals surface area (Å²) in [6.07, 6.45) is 0.760. The van der Waals surface area contributed by atoms with E-state index in [2.05, 4.69) is 22.0 Å². The van der Waals surface area contributed by atoms with Crippen molar-refractivity contribution in [3.8, 4) is 0 Å². The third kappa shape index (κ3) is 2.00. The van der Waals surface area contributed by atoms with Crippen LogP contribution in [-0.2, 0) is 5.60 Å². The van der Waals surface area contributed by atoms with Crippen LogP contribution in [0.3, 0.4) is 0 Å². The molecule has 0 saturated heterocycles. The summed E-state index contributed by atoms with van der Waals surface area (Å²) in [6, 6.07) is 16.1. The monoisotopic (exact) mass is 320 g/mol. The van der Waals surface area contributed by atoms with Crippen molar-refractivity contribution in [1.82, 2.24) is 0 Å². The lowest BCUT2D eigenvalue weighted by Gasteiger charge is -2.34. The number of aliphatic hydroxyl groups is 1. The second kappa shape index (κ2) is 4.72. The molecule has 3 rings (SSSR count). The Hall–Kier alpha value is -0.770. The highest BCUT2D eigenvalue weighted by molar-refractivity contribution is 9.10. The molecule has 0 aromatic heterocycles. The minimum atomic E-state index is -0.845. The van der Waals surface area contributed by atoms with Gasteiger partial charge in [-0.05, 0) is 30.2 Å². The van der Waals surface area contributed by atoms with E-state index in [-0.39, 0.29) is 0 Å². The molecule has 1 aliphatic heterocycles. The van der Waals surface area contributed by atoms with E-state index in [1.54, 1.807) is 0 Å². The van der Waals surface area contributed by atoms with Crippen LogP contribution < -0.4 is 0 Å². The summed E-state index contributed by atoms with van der Waals surface area (Å²) in [5, 5.41) is 11.1. The standard InChI is InChI=1S/C15H13BrOS/c16-12-7-5-11(6-8-12)15(17)9-10-18-14-4-2-1-3-13(14)15/h1-8,17H,9-10H2. The molecule has 1 atom stereocenters. The Morgan fingerprint density at radius 2 is 1.78 bits per heavy atom. The Bertz CT molecular complexity index is 567. The predicted molar refractivity (Wildman–Crippen MR) is 78.9 cm³/mol. The van der Waals surface area contributed by atoms with Gasteiger partial charge in [-0.2, -0.15) is 0 Å². The van der Waals surface area contributed by atoms with Gasteiger partial charge in [0.25, 0.3) is 0 Å². The molecule has 2 aromatic rings. The summed E-state index contributed by atoms with van der Waals surface area (Å²) in [5.41, 5.74) is 1.16. The number of hydrogen-bond acceptors (Lipinski definition) is 2. The second-order valence-electron chi connectivity index (χ2n) is 4.46. The first-order valence-corrected chi connectivity index (χ1v) is 7.69. The van der Waals surface area contributed by atoms with Gasteiger partial charge in [-0.1, -0.05) is 46.3 Å². The number of thioether (sulfide) groups is 1. The van der Waals surface area contributed by atoms with E-state index in [0.717, 1.165) is 27.8 Å². The van der Waals surface area contributed by atoms with Crippen LogP contribution in [0, 0.1) is 0 Å². The number of rotatable bonds is 1. The van der Waals surface area contributed by atoms with Gasteiger partial charge >= 0.3 is 0 Å². The molecular formula is C15H13BrOS. The van der Waals surface area contributed by atoms with E-state index in [1.807, 2.05) is 54.2 Å². The van der Waals surface area contributed by atoms with Gasteiger partial charge in [0.2, 0.25) is 0 Å². The van der Waals surface area contributed by atoms with Crippen LogP contribution in [0.25, 0.3) is 0 Å². The maximum absolute atomic E-state index is 11.1. The van der Waals surface area contributed by atoms with Gasteiger partial charge in [-0.3, -0.25) is 0 Å². The molecule has 1 unspecified atom stereocenters. The highest BCUT2D eigenvalue weighted by Gasteiger charge is 2.36. The highest BCUT2D eigenvalue weighted by atomic mass is 79.9. The summed E-state index contributed by atoms with van der Waals surface area (Å²) in [7, 11) is 0. The Morgan fingerprint density at radius 3 is 2.56 bits per heavy atom. The van der Waals surface area contributed by atoms with Gasteiger partial charge in [-0.25, -0.2) is 0 Å². The summed E-state index contributed by atoms with van der Waals surface area (Å²) >= 11 is 5.25. The molecule has 0 spiro atoms. The minimum Gasteiger partial charge on any atom is -0.380 e. The van der Waals surface area contributed by atoms with Gasteiger partial charge in [0, 0.05) is 20.7 Å². The zero-order valence-electron chi connectivity index (χ0n) is 9.77. The Morgan fingerprint density at radius 1 is 1.06 bits per heavy atom. The van der Waals surface area contributed by atoms with Gasteiger partial charge in [0.15, 0.2) is 0 Å². The molecule has 3 heteroatoms. The normalized spacial score (nSPS) is 22.6. The van der Waals surface area contributed by atoms with Crippen molar-refractivity contribution in [2.24, 2.45) is 0 Å². The van der Waals surface area contributed by atoms with Gasteiger partial charge in [-0.15, -0.1) is 11.8 Å². The van der Waals surface area contributed by atoms with Crippen molar-refractivity contribution in [3.63, 3.8) is 0 Å². The molecule has 18 heavy (non-hydrogen) atoms. The third-order valence-electron chi connectivity index (χ3n) is 3.38. The van der Waals surface area contributed by atoms with Crippen LogP contribution in [0.4, 0.5) is 0 Å². The molecule has 1 aliphatic rings. The SMILES string of the molecule is OC1(c2ccc(Br)cc2)CCSc2ccccc21. The first kappa shape index (κ1) is 12.3. The van der Waals surface area contributed by atoms with Crippen molar-refractivity contribution < 1.29 is 5.11 Å². The van der Waals surface area contributed by atoms with Crippen molar-refractivity contribution in [2.45, 2.75) is 16.9 Å². The first-order chi connectivity index (χ1) is 8.70. The fraction of sp³-hybridized carbons (Fsp3) is 0.200. The van der Waals surface area contributed by atoms with Gasteiger partial charge in [0.05, 0.1) is 0 Å². The molecule has 0 radical (unpaired) electrons. The summed E-state index contributed by atoms with van der Waals surface area (Å²) in [4.78, 5) is 1.19. The predicted octanol–water partition coefficient (Wildman–Crippen LogP) is 4.18. The molecule has 0 fully saturated rings. The maximum Gasteiger partial charge on any atom is 0.116 e. The smallest absolute Gasteiger partial charge is 0.116 e. The average molecular weight is 321 g/mol. The average Bonchev–Trinajstić information content (AvgIpc) is 2.40. The fourth-order valence-corrected chi connectivity index (χ4v) is 3.85. The molecule has 1 nitrogen and oxygen atoms in total. The van der Waals surface area contributed by atoms with Crippen LogP contribution in [0.15, 0.2) is 57.9 Å². The van der Waals surface area contributed by atoms with Crippen LogP contribution in [0.5, 0.6) is 0 Å². The molecule has 1 N–H and O–H groups in total. The summed E-state index contributed by atoms with van der Waals surface area (Å²) in [6.45, 7) is 0. The molecule has 2 aromatic carbocycles. The summed E-state index contributed by atoms with van der Waals surface area (Å²) < 4.78 is 1.04. The molecule has 92 valence electrons. The lowest BCUT2D eigenvalue weighted by molar-refractivity contribution is 0.0731. The second-order valence-corrected chi connectivity index (χ2v) is 6.51. The minimum absolute atomic E-state index is 0.760. The highest BCUT2D eigenvalue weighted by Crippen LogP contribution is 2.44. The largest absolute Gasteiger partial charge is 0.380 e. The number of halogens is 1. The van der Waals surface area contributed by atoms with E-state index in [9.17, 15) is 5.11 Å². The van der Waals surface area contributed by atoms with Crippen LogP contribution in [0.1, 0.15) is 17.5 Å². The summed E-state index contributed by atoms with van der Waals surface area (Å²) in [5.74, 6) is 0.948. The third-order valence-corrected chi connectivity index (χ3v) is 4.98. The zero-order valence-corrected chi connectivity index (χ0v) is 12.2. The fourth-order valence-electron chi connectivity index (χ4n) is 2.40. The topological polar surface area (TPSA) is 20.2 Å². The van der Waals surface area contributed by atoms with E-state index < -0.39 is 5.60 Å². The lowest BCUT2D eigenvalue weighted by Crippen LogP contribution is -2.31. The molecule has 0 saturated carbocycles. The number of fused-ring (bicyclic) bond motifs is 1. The molecule has 0 bridgehead atoms. The van der Waals surface area contributed by atoms with E-state index in [4.69, 9.17) is 0 Å². The van der Waals surface area contributed by atoms with Crippen molar-refractivity contribution in [3.05, 3.63) is 64.1 Å². The van der Waals surface area contributed by atoms with Gasteiger partial charge < -0.3 is 5.11 Å². The maximum atomic E-state index is 11.1.